The molecule has 0 aromatic heterocycles. The number of carbonyl (C=O) groups is 4. The fourth-order valence-electron chi connectivity index (χ4n) is 5.70. The van der Waals surface area contributed by atoms with E-state index in [0.29, 0.717) is 17.2 Å². The topological polar surface area (TPSA) is 226 Å². The molecule has 362 valence electrons. The molecule has 4 aromatic carbocycles. The zero-order valence-electron chi connectivity index (χ0n) is 37.9. The first-order valence-electron chi connectivity index (χ1n) is 20.3. The molecule has 0 saturated heterocycles. The lowest BCUT2D eigenvalue weighted by Crippen LogP contribution is -2.55. The van der Waals surface area contributed by atoms with Crippen molar-refractivity contribution in [2.75, 3.05) is 10.6 Å². The van der Waals surface area contributed by atoms with E-state index < -0.39 is 91.1 Å². The smallest absolute Gasteiger partial charge is 0.407 e. The van der Waals surface area contributed by atoms with Crippen molar-refractivity contribution in [3.8, 4) is 12.1 Å². The van der Waals surface area contributed by atoms with Gasteiger partial charge in [0.15, 0.2) is 19.7 Å². The summed E-state index contributed by atoms with van der Waals surface area (Å²) < 4.78 is 86.2. The average Bonchev–Trinajstić information content (AvgIpc) is 3.29. The Morgan fingerprint density at radius 1 is 0.638 bits per heavy atom. The number of carbonyl (C=O) groups excluding carboxylic acids is 4. The Kier molecular flexibility index (Phi) is 18.6. The molecule has 1 unspecified atom stereocenters. The Morgan fingerprint density at radius 2 is 1.00 bits per heavy atom. The van der Waals surface area contributed by atoms with Gasteiger partial charge in [-0.2, -0.15) is 36.9 Å². The molecule has 0 radical (unpaired) electrons. The number of benzene rings is 4. The van der Waals surface area contributed by atoms with E-state index >= 15 is 0 Å². The Labute approximate surface area is 394 Å². The number of aliphatic hydroxyl groups excluding tert-OH is 1. The third kappa shape index (κ3) is 15.6. The van der Waals surface area contributed by atoms with Crippen LogP contribution in [0.4, 0.5) is 49.1 Å². The van der Waals surface area contributed by atoms with Crippen LogP contribution in [0.25, 0.3) is 9.69 Å². The highest BCUT2D eigenvalue weighted by molar-refractivity contribution is 6.74. The zero-order valence-corrected chi connectivity index (χ0v) is 38.9. The second-order valence-electron chi connectivity index (χ2n) is 16.5. The summed E-state index contributed by atoms with van der Waals surface area (Å²) in [4.78, 5) is 55.9. The minimum absolute atomic E-state index is 0.0472. The van der Waals surface area contributed by atoms with Crippen LogP contribution in [0.15, 0.2) is 84.9 Å². The molecule has 0 aliphatic carbocycles. The number of hydrazine groups is 2. The molecular formula is C46H46F6N10O6Si. The third-order valence-electron chi connectivity index (χ3n) is 10.4. The summed E-state index contributed by atoms with van der Waals surface area (Å²) in [7, 11) is -2.41. The fraction of sp³-hybridized carbons (Fsp3) is 0.304. The molecule has 4 rings (SSSR count). The van der Waals surface area contributed by atoms with Gasteiger partial charge in [0.05, 0.1) is 59.7 Å². The number of anilines is 2. The Hall–Kier alpha value is -7.96. The number of rotatable bonds is 12. The van der Waals surface area contributed by atoms with Gasteiger partial charge in [0.1, 0.15) is 12.1 Å². The monoisotopic (exact) mass is 976 g/mol. The number of amides is 4. The van der Waals surface area contributed by atoms with E-state index in [9.17, 15) is 50.6 Å². The van der Waals surface area contributed by atoms with Gasteiger partial charge >= 0.3 is 12.4 Å². The first kappa shape index (κ1) is 55.4. The molecule has 16 nitrogen and oxygen atoms in total. The highest BCUT2D eigenvalue weighted by atomic mass is 28.4. The number of nitriles is 2. The molecule has 0 spiro atoms. The van der Waals surface area contributed by atoms with E-state index in [0.717, 1.165) is 18.2 Å². The molecule has 0 bridgehead atoms. The summed E-state index contributed by atoms with van der Waals surface area (Å²) in [6.45, 7) is 26.7. The number of nitrogens with one attached hydrogen (secondary N) is 6. The number of halogens is 6. The van der Waals surface area contributed by atoms with Crippen molar-refractivity contribution in [2.24, 2.45) is 0 Å². The largest absolute Gasteiger partial charge is 0.412 e. The van der Waals surface area contributed by atoms with Crippen LogP contribution in [0.3, 0.4) is 0 Å². The van der Waals surface area contributed by atoms with Gasteiger partial charge in [0.2, 0.25) is 0 Å². The standard InChI is InChI=1S/C26H30F3N5O3Si.C20H16F3N5O3/c1-16(37-38(6,7)25(2,3)4)22(32-19-12-13-21(31-5)20(14-19)26(27,28)29)24(36)34-33-23(35)18-10-8-17(15-30)9-11-18;1-11(29)17(26-14-7-8-16(25-2)15(9-14)20(21,22)23)19(31)28-27-18(30)13-5-3-12(10-24)4-6-13/h8-14,16,22,32H,1-4,6-7H3,(H,33,35)(H,34,36);3-9,11,17,26,29H,1H3,(H,27,30)(H,28,31)/t16?,22-;11-,17-/m11/s1. The normalized spacial score (nSPS) is 13.1. The summed E-state index contributed by atoms with van der Waals surface area (Å²) in [5.41, 5.74) is 6.10. The lowest BCUT2D eigenvalue weighted by Gasteiger charge is -2.40. The summed E-state index contributed by atoms with van der Waals surface area (Å²) in [5.74, 6) is -3.02. The van der Waals surface area contributed by atoms with Crippen LogP contribution < -0.4 is 32.3 Å². The molecule has 4 atom stereocenters. The molecule has 0 aliphatic rings. The highest BCUT2D eigenvalue weighted by Crippen LogP contribution is 2.40. The molecule has 0 heterocycles. The first-order chi connectivity index (χ1) is 32.1. The summed E-state index contributed by atoms with van der Waals surface area (Å²) >= 11 is 0. The number of hydrogen-bond donors (Lipinski definition) is 7. The molecule has 0 saturated carbocycles. The van der Waals surface area contributed by atoms with Crippen LogP contribution >= 0.6 is 0 Å². The molecule has 69 heavy (non-hydrogen) atoms. The summed E-state index contributed by atoms with van der Waals surface area (Å²) in [6.07, 6.45) is -11.7. The van der Waals surface area contributed by atoms with Crippen molar-refractivity contribution in [3.63, 3.8) is 0 Å². The third-order valence-corrected chi connectivity index (χ3v) is 15.0. The van der Waals surface area contributed by atoms with E-state index in [-0.39, 0.29) is 27.5 Å². The lowest BCUT2D eigenvalue weighted by molar-refractivity contribution is -0.137. The highest BCUT2D eigenvalue weighted by Gasteiger charge is 2.41. The molecule has 4 amide bonds. The molecule has 0 aliphatic heterocycles. The zero-order chi connectivity index (χ0) is 52.1. The fourth-order valence-corrected chi connectivity index (χ4v) is 7.12. The molecule has 7 N–H and O–H groups in total. The Morgan fingerprint density at radius 3 is 1.32 bits per heavy atom. The Balaban J connectivity index is 0.000000373. The maximum absolute atomic E-state index is 13.5. The van der Waals surface area contributed by atoms with Gasteiger partial charge in [-0.15, -0.1) is 0 Å². The van der Waals surface area contributed by atoms with Crippen molar-refractivity contribution in [3.05, 3.63) is 141 Å². The molecule has 0 fully saturated rings. The van der Waals surface area contributed by atoms with Crippen molar-refractivity contribution in [1.29, 1.82) is 10.5 Å². The molecule has 4 aromatic rings. The SMILES string of the molecule is [C-]#[N+]c1ccc(N[C@@H](C(=O)NNC(=O)c2ccc(C#N)cc2)C(C)O[Si](C)(C)C(C)(C)C)cc1C(F)(F)F.[C-]#[N+]c1ccc(N[C@@H](C(=O)NNC(=O)c2ccc(C#N)cc2)[C@@H](C)O)cc1C(F)(F)F. The van der Waals surface area contributed by atoms with Crippen LogP contribution in [0.1, 0.15) is 77.6 Å². The van der Waals surface area contributed by atoms with Crippen molar-refractivity contribution >= 4 is 54.7 Å². The lowest BCUT2D eigenvalue weighted by atomic mass is 10.1. The number of nitrogens with zero attached hydrogens (tertiary/aromatic N) is 4. The summed E-state index contributed by atoms with van der Waals surface area (Å²) in [6, 6.07) is 18.3. The van der Waals surface area contributed by atoms with Gasteiger partial charge < -0.3 is 20.2 Å². The second-order valence-corrected chi connectivity index (χ2v) is 21.3. The van der Waals surface area contributed by atoms with Crippen LogP contribution in [0.5, 0.6) is 0 Å². The maximum Gasteiger partial charge on any atom is 0.407 e. The number of alkyl halides is 6. The van der Waals surface area contributed by atoms with Gasteiger partial charge in [-0.25, -0.2) is 9.69 Å². The van der Waals surface area contributed by atoms with Gasteiger partial charge in [-0.1, -0.05) is 32.9 Å². The van der Waals surface area contributed by atoms with Crippen LogP contribution in [0.2, 0.25) is 18.1 Å². The van der Waals surface area contributed by atoms with Gasteiger partial charge in [0.25, 0.3) is 23.6 Å². The van der Waals surface area contributed by atoms with E-state index in [1.807, 2.05) is 46.0 Å². The minimum atomic E-state index is -4.78. The van der Waals surface area contributed by atoms with Crippen LogP contribution in [-0.4, -0.2) is 61.3 Å². The predicted molar refractivity (Wildman–Crippen MR) is 243 cm³/mol. The van der Waals surface area contributed by atoms with Gasteiger partial charge in [-0.3, -0.25) is 40.9 Å². The molecule has 23 heteroatoms. The van der Waals surface area contributed by atoms with Crippen molar-refractivity contribution in [2.45, 2.75) is 89.4 Å². The van der Waals surface area contributed by atoms with Crippen molar-refractivity contribution < 1.29 is 55.1 Å². The van der Waals surface area contributed by atoms with E-state index in [2.05, 4.69) is 42.0 Å². The van der Waals surface area contributed by atoms with E-state index in [4.69, 9.17) is 28.1 Å². The van der Waals surface area contributed by atoms with Gasteiger partial charge in [-0.05, 0) is 105 Å². The van der Waals surface area contributed by atoms with Crippen molar-refractivity contribution in [1.82, 2.24) is 21.7 Å². The number of aliphatic hydroxyl groups is 1. The van der Waals surface area contributed by atoms with Gasteiger partial charge in [0, 0.05) is 22.5 Å². The quantitative estimate of drug-likeness (QED) is 0.0310. The molecular weight excluding hydrogens is 931 g/mol. The average molecular weight is 977 g/mol. The Bertz CT molecular complexity index is 2680. The first-order valence-corrected chi connectivity index (χ1v) is 23.2. The van der Waals surface area contributed by atoms with Crippen LogP contribution in [-0.2, 0) is 26.4 Å². The minimum Gasteiger partial charge on any atom is -0.412 e. The predicted octanol–water partition coefficient (Wildman–Crippen LogP) is 8.53. The number of hydrogen-bond acceptors (Lipinski definition) is 10. The maximum atomic E-state index is 13.5. The van der Waals surface area contributed by atoms with Crippen LogP contribution in [0, 0.1) is 35.8 Å². The van der Waals surface area contributed by atoms with E-state index in [1.165, 1.54) is 67.6 Å². The summed E-state index contributed by atoms with van der Waals surface area (Å²) in [5, 5.41) is 32.6. The van der Waals surface area contributed by atoms with E-state index in [1.54, 1.807) is 6.92 Å². The second kappa shape index (κ2) is 23.2.